The molecule has 1 aliphatic rings. The number of nitrogens with zero attached hydrogens (tertiary/aromatic N) is 2. The first kappa shape index (κ1) is 15.4. The molecule has 0 aromatic rings. The van der Waals surface area contributed by atoms with Gasteiger partial charge in [0.25, 0.3) is 0 Å². The Morgan fingerprint density at radius 3 is 2.78 bits per heavy atom. The molecule has 5 heteroatoms. The highest BCUT2D eigenvalue weighted by Crippen LogP contribution is 2.19. The standard InChI is InChI=1S/C13H27N3O2/c1-15(2)13(17)5-4-7-16-8-6-12(18-3)9-11(16)10-14/h11-12H,4-10,14H2,1-3H3. The van der Waals surface area contributed by atoms with Gasteiger partial charge in [-0.1, -0.05) is 0 Å². The second-order valence-corrected chi connectivity index (χ2v) is 5.20. The minimum atomic E-state index is 0.200. The number of nitrogens with two attached hydrogens (primary N) is 1. The maximum absolute atomic E-state index is 11.5. The fraction of sp³-hybridized carbons (Fsp3) is 0.923. The lowest BCUT2D eigenvalue weighted by atomic mass is 9.99. The number of ether oxygens (including phenoxy) is 1. The third kappa shape index (κ3) is 4.55. The maximum atomic E-state index is 11.5. The minimum absolute atomic E-state index is 0.200. The first-order chi connectivity index (χ1) is 8.58. The summed E-state index contributed by atoms with van der Waals surface area (Å²) in [4.78, 5) is 15.5. The quantitative estimate of drug-likeness (QED) is 0.743. The van der Waals surface area contributed by atoms with Crippen molar-refractivity contribution in [2.45, 2.75) is 37.8 Å². The topological polar surface area (TPSA) is 58.8 Å². The molecule has 106 valence electrons. The van der Waals surface area contributed by atoms with Gasteiger partial charge < -0.3 is 15.4 Å². The number of hydrogen-bond acceptors (Lipinski definition) is 4. The van der Waals surface area contributed by atoms with Gasteiger partial charge in [0.1, 0.15) is 0 Å². The van der Waals surface area contributed by atoms with Crippen LogP contribution in [0.4, 0.5) is 0 Å². The number of rotatable bonds is 6. The lowest BCUT2D eigenvalue weighted by molar-refractivity contribution is -0.128. The molecule has 0 spiro atoms. The molecule has 0 radical (unpaired) electrons. The zero-order valence-corrected chi connectivity index (χ0v) is 11.9. The molecule has 0 aromatic carbocycles. The minimum Gasteiger partial charge on any atom is -0.381 e. The van der Waals surface area contributed by atoms with Crippen molar-refractivity contribution in [1.82, 2.24) is 9.80 Å². The summed E-state index contributed by atoms with van der Waals surface area (Å²) in [5, 5.41) is 0. The van der Waals surface area contributed by atoms with Crippen molar-refractivity contribution in [2.75, 3.05) is 40.8 Å². The van der Waals surface area contributed by atoms with Gasteiger partial charge in [0, 0.05) is 46.8 Å². The number of carbonyl (C=O) groups excluding carboxylic acids is 1. The zero-order valence-electron chi connectivity index (χ0n) is 11.9. The van der Waals surface area contributed by atoms with E-state index in [1.165, 1.54) is 0 Å². The molecule has 1 aliphatic heterocycles. The molecule has 5 nitrogen and oxygen atoms in total. The monoisotopic (exact) mass is 257 g/mol. The number of amides is 1. The zero-order chi connectivity index (χ0) is 13.5. The van der Waals surface area contributed by atoms with E-state index in [1.807, 2.05) is 0 Å². The molecule has 1 rings (SSSR count). The molecule has 1 fully saturated rings. The van der Waals surface area contributed by atoms with Crippen LogP contribution in [0, 0.1) is 0 Å². The van der Waals surface area contributed by atoms with Crippen molar-refractivity contribution >= 4 is 5.91 Å². The number of hydrogen-bond donors (Lipinski definition) is 1. The van der Waals surface area contributed by atoms with Crippen LogP contribution in [0.15, 0.2) is 0 Å². The van der Waals surface area contributed by atoms with Gasteiger partial charge in [-0.15, -0.1) is 0 Å². The van der Waals surface area contributed by atoms with Crippen molar-refractivity contribution in [3.8, 4) is 0 Å². The van der Waals surface area contributed by atoms with E-state index in [1.54, 1.807) is 26.1 Å². The van der Waals surface area contributed by atoms with E-state index in [0.29, 0.717) is 25.1 Å². The van der Waals surface area contributed by atoms with Gasteiger partial charge in [0.05, 0.1) is 6.10 Å². The maximum Gasteiger partial charge on any atom is 0.222 e. The Morgan fingerprint density at radius 2 is 2.22 bits per heavy atom. The predicted octanol–water partition coefficient (Wildman–Crippen LogP) is 0.293. The van der Waals surface area contributed by atoms with E-state index < -0.39 is 0 Å². The molecule has 18 heavy (non-hydrogen) atoms. The second kappa shape index (κ2) is 7.71. The van der Waals surface area contributed by atoms with Crippen molar-refractivity contribution in [3.63, 3.8) is 0 Å². The van der Waals surface area contributed by atoms with Gasteiger partial charge in [0.2, 0.25) is 5.91 Å². The summed E-state index contributed by atoms with van der Waals surface area (Å²) in [5.41, 5.74) is 5.82. The Balaban J connectivity index is 2.30. The number of methoxy groups -OCH3 is 1. The average molecular weight is 257 g/mol. The molecule has 1 saturated heterocycles. The lowest BCUT2D eigenvalue weighted by Gasteiger charge is -2.38. The third-order valence-corrected chi connectivity index (χ3v) is 3.73. The summed E-state index contributed by atoms with van der Waals surface area (Å²) in [6, 6.07) is 0.401. The molecular weight excluding hydrogens is 230 g/mol. The van der Waals surface area contributed by atoms with Crippen LogP contribution in [0.1, 0.15) is 25.7 Å². The number of piperidine rings is 1. The average Bonchev–Trinajstić information content (AvgIpc) is 2.38. The molecule has 1 amide bonds. The van der Waals surface area contributed by atoms with Gasteiger partial charge in [-0.05, 0) is 25.8 Å². The summed E-state index contributed by atoms with van der Waals surface area (Å²) < 4.78 is 5.40. The Labute approximate surface area is 110 Å². The largest absolute Gasteiger partial charge is 0.381 e. The van der Waals surface area contributed by atoms with E-state index in [9.17, 15) is 4.79 Å². The Bertz CT molecular complexity index is 259. The normalized spacial score (nSPS) is 25.1. The first-order valence-corrected chi connectivity index (χ1v) is 6.75. The van der Waals surface area contributed by atoms with E-state index in [-0.39, 0.29) is 5.91 Å². The van der Waals surface area contributed by atoms with Crippen LogP contribution in [0.2, 0.25) is 0 Å². The number of likely N-dealkylation sites (tertiary alicyclic amines) is 1. The lowest BCUT2D eigenvalue weighted by Crippen LogP contribution is -2.48. The fourth-order valence-corrected chi connectivity index (χ4v) is 2.47. The molecular formula is C13H27N3O2. The Hall–Kier alpha value is -0.650. The number of carbonyl (C=O) groups is 1. The molecule has 0 saturated carbocycles. The van der Waals surface area contributed by atoms with E-state index in [4.69, 9.17) is 10.5 Å². The van der Waals surface area contributed by atoms with Gasteiger partial charge in [-0.2, -0.15) is 0 Å². The molecule has 2 atom stereocenters. The van der Waals surface area contributed by atoms with Gasteiger partial charge in [-0.25, -0.2) is 0 Å². The predicted molar refractivity (Wildman–Crippen MR) is 72.4 cm³/mol. The summed E-state index contributed by atoms with van der Waals surface area (Å²) in [7, 11) is 5.37. The molecule has 0 aromatic heterocycles. The first-order valence-electron chi connectivity index (χ1n) is 6.75. The van der Waals surface area contributed by atoms with Crippen LogP contribution in [0.3, 0.4) is 0 Å². The highest BCUT2D eigenvalue weighted by atomic mass is 16.5. The van der Waals surface area contributed by atoms with Crippen molar-refractivity contribution in [1.29, 1.82) is 0 Å². The second-order valence-electron chi connectivity index (χ2n) is 5.20. The van der Waals surface area contributed by atoms with Gasteiger partial charge >= 0.3 is 0 Å². The van der Waals surface area contributed by atoms with Crippen LogP contribution in [0.25, 0.3) is 0 Å². The van der Waals surface area contributed by atoms with Crippen LogP contribution < -0.4 is 5.73 Å². The van der Waals surface area contributed by atoms with E-state index >= 15 is 0 Å². The Kier molecular flexibility index (Phi) is 6.60. The third-order valence-electron chi connectivity index (χ3n) is 3.73. The molecule has 0 bridgehead atoms. The van der Waals surface area contributed by atoms with Gasteiger partial charge in [0.15, 0.2) is 0 Å². The van der Waals surface area contributed by atoms with E-state index in [0.717, 1.165) is 32.4 Å². The SMILES string of the molecule is COC1CCN(CCCC(=O)N(C)C)C(CN)C1. The molecule has 0 aliphatic carbocycles. The summed E-state index contributed by atoms with van der Waals surface area (Å²) in [5.74, 6) is 0.200. The molecule has 2 unspecified atom stereocenters. The smallest absolute Gasteiger partial charge is 0.222 e. The van der Waals surface area contributed by atoms with Crippen LogP contribution in [-0.4, -0.2) is 68.7 Å². The van der Waals surface area contributed by atoms with Crippen LogP contribution >= 0.6 is 0 Å². The highest BCUT2D eigenvalue weighted by Gasteiger charge is 2.27. The summed E-state index contributed by atoms with van der Waals surface area (Å²) in [6.07, 6.45) is 3.95. The van der Waals surface area contributed by atoms with Crippen molar-refractivity contribution in [2.24, 2.45) is 5.73 Å². The molecule has 2 N–H and O–H groups in total. The van der Waals surface area contributed by atoms with Crippen molar-refractivity contribution < 1.29 is 9.53 Å². The Morgan fingerprint density at radius 1 is 1.50 bits per heavy atom. The fourth-order valence-electron chi connectivity index (χ4n) is 2.47. The highest BCUT2D eigenvalue weighted by molar-refractivity contribution is 5.75. The van der Waals surface area contributed by atoms with Crippen LogP contribution in [0.5, 0.6) is 0 Å². The van der Waals surface area contributed by atoms with E-state index in [2.05, 4.69) is 4.90 Å². The van der Waals surface area contributed by atoms with Gasteiger partial charge in [-0.3, -0.25) is 9.69 Å². The summed E-state index contributed by atoms with van der Waals surface area (Å²) in [6.45, 7) is 2.65. The summed E-state index contributed by atoms with van der Waals surface area (Å²) >= 11 is 0. The van der Waals surface area contributed by atoms with Crippen LogP contribution in [-0.2, 0) is 9.53 Å². The molecule has 1 heterocycles. The van der Waals surface area contributed by atoms with Crippen molar-refractivity contribution in [3.05, 3.63) is 0 Å².